The van der Waals surface area contributed by atoms with Gasteiger partial charge in [-0.3, -0.25) is 4.79 Å². The van der Waals surface area contributed by atoms with E-state index in [-0.39, 0.29) is 5.91 Å². The standard InChI is InChI=1S/C18H19F2NO2S/c1-13-4-2-5-15(12-13)23-11-3-10-21-17(22)14-6-8-16(9-7-14)24-18(19)20/h2,4-9,12,18H,3,10-11H2,1H3,(H,21,22). The van der Waals surface area contributed by atoms with Crippen LogP contribution in [-0.4, -0.2) is 24.8 Å². The van der Waals surface area contributed by atoms with Gasteiger partial charge in [0.25, 0.3) is 11.7 Å². The molecule has 0 heterocycles. The first-order valence-corrected chi connectivity index (χ1v) is 8.45. The summed E-state index contributed by atoms with van der Waals surface area (Å²) < 4.78 is 30.1. The highest BCUT2D eigenvalue weighted by molar-refractivity contribution is 7.99. The van der Waals surface area contributed by atoms with Crippen LogP contribution in [0.15, 0.2) is 53.4 Å². The Morgan fingerprint density at radius 1 is 1.21 bits per heavy atom. The SMILES string of the molecule is Cc1cccc(OCCCNC(=O)c2ccc(SC(F)F)cc2)c1. The van der Waals surface area contributed by atoms with Crippen LogP contribution in [0, 0.1) is 6.92 Å². The van der Waals surface area contributed by atoms with Gasteiger partial charge in [-0.05, 0) is 55.3 Å². The lowest BCUT2D eigenvalue weighted by Gasteiger charge is -2.08. The lowest BCUT2D eigenvalue weighted by molar-refractivity contribution is 0.0951. The fourth-order valence-electron chi connectivity index (χ4n) is 2.06. The molecule has 0 saturated carbocycles. The van der Waals surface area contributed by atoms with Gasteiger partial charge in [-0.1, -0.05) is 23.9 Å². The molecule has 0 aromatic heterocycles. The Hall–Kier alpha value is -2.08. The molecule has 0 saturated heterocycles. The topological polar surface area (TPSA) is 38.3 Å². The van der Waals surface area contributed by atoms with E-state index in [1.165, 1.54) is 12.1 Å². The molecule has 0 atom stereocenters. The summed E-state index contributed by atoms with van der Waals surface area (Å²) in [5.41, 5.74) is 1.59. The molecule has 0 bridgehead atoms. The van der Waals surface area contributed by atoms with Crippen molar-refractivity contribution < 1.29 is 18.3 Å². The number of carbonyl (C=O) groups is 1. The summed E-state index contributed by atoms with van der Waals surface area (Å²) in [6.07, 6.45) is 0.680. The number of hydrogen-bond donors (Lipinski definition) is 1. The number of carbonyl (C=O) groups excluding carboxylic acids is 1. The number of benzene rings is 2. The molecular formula is C18H19F2NO2S. The van der Waals surface area contributed by atoms with Gasteiger partial charge < -0.3 is 10.1 Å². The second kappa shape index (κ2) is 9.27. The summed E-state index contributed by atoms with van der Waals surface area (Å²) in [4.78, 5) is 12.4. The van der Waals surface area contributed by atoms with E-state index in [9.17, 15) is 13.6 Å². The number of ether oxygens (including phenoxy) is 1. The smallest absolute Gasteiger partial charge is 0.288 e. The van der Waals surface area contributed by atoms with Crippen LogP contribution in [-0.2, 0) is 0 Å². The van der Waals surface area contributed by atoms with Gasteiger partial charge in [-0.25, -0.2) is 0 Å². The van der Waals surface area contributed by atoms with Gasteiger partial charge in [0.05, 0.1) is 6.61 Å². The molecule has 2 aromatic rings. The summed E-state index contributed by atoms with van der Waals surface area (Å²) in [5.74, 6) is -1.87. The second-order valence-electron chi connectivity index (χ2n) is 5.18. The summed E-state index contributed by atoms with van der Waals surface area (Å²) >= 11 is 0.461. The normalized spacial score (nSPS) is 10.7. The van der Waals surface area contributed by atoms with Crippen LogP contribution in [0.25, 0.3) is 0 Å². The predicted molar refractivity (Wildman–Crippen MR) is 91.9 cm³/mol. The van der Waals surface area contributed by atoms with Gasteiger partial charge in [0.15, 0.2) is 0 Å². The molecule has 1 amide bonds. The molecule has 6 heteroatoms. The second-order valence-corrected chi connectivity index (χ2v) is 6.24. The molecule has 0 fully saturated rings. The number of hydrogen-bond acceptors (Lipinski definition) is 3. The number of thioether (sulfide) groups is 1. The number of alkyl halides is 2. The van der Waals surface area contributed by atoms with Gasteiger partial charge in [0.2, 0.25) is 0 Å². The quantitative estimate of drug-likeness (QED) is 0.562. The van der Waals surface area contributed by atoms with Crippen LogP contribution < -0.4 is 10.1 Å². The van der Waals surface area contributed by atoms with Crippen LogP contribution in [0.4, 0.5) is 8.78 Å². The van der Waals surface area contributed by atoms with Crippen molar-refractivity contribution in [3.63, 3.8) is 0 Å². The molecule has 2 aromatic carbocycles. The van der Waals surface area contributed by atoms with E-state index >= 15 is 0 Å². The Morgan fingerprint density at radius 2 is 1.96 bits per heavy atom. The van der Waals surface area contributed by atoms with Gasteiger partial charge in [0, 0.05) is 17.0 Å². The molecule has 2 rings (SSSR count). The largest absolute Gasteiger partial charge is 0.494 e. The van der Waals surface area contributed by atoms with Crippen molar-refractivity contribution in [2.24, 2.45) is 0 Å². The molecule has 0 aliphatic rings. The average molecular weight is 351 g/mol. The Labute approximate surface area is 144 Å². The lowest BCUT2D eigenvalue weighted by Crippen LogP contribution is -2.25. The van der Waals surface area contributed by atoms with E-state index in [4.69, 9.17) is 4.74 Å². The first kappa shape index (κ1) is 18.3. The Balaban J connectivity index is 1.69. The zero-order valence-electron chi connectivity index (χ0n) is 13.3. The van der Waals surface area contributed by atoms with Crippen molar-refractivity contribution >= 4 is 17.7 Å². The summed E-state index contributed by atoms with van der Waals surface area (Å²) in [7, 11) is 0. The third kappa shape index (κ3) is 6.20. The molecule has 3 nitrogen and oxygen atoms in total. The number of halogens is 2. The molecule has 0 aliphatic heterocycles. The highest BCUT2D eigenvalue weighted by Gasteiger charge is 2.08. The predicted octanol–water partition coefficient (Wildman–Crippen LogP) is 4.51. The maximum atomic E-state index is 12.2. The van der Waals surface area contributed by atoms with Crippen LogP contribution in [0.2, 0.25) is 0 Å². The van der Waals surface area contributed by atoms with E-state index < -0.39 is 5.76 Å². The van der Waals surface area contributed by atoms with Crippen LogP contribution >= 0.6 is 11.8 Å². The third-order valence-corrected chi connectivity index (χ3v) is 3.93. The highest BCUT2D eigenvalue weighted by atomic mass is 32.2. The average Bonchev–Trinajstić information content (AvgIpc) is 2.54. The minimum atomic E-state index is -2.46. The fraction of sp³-hybridized carbons (Fsp3) is 0.278. The van der Waals surface area contributed by atoms with E-state index in [2.05, 4.69) is 5.32 Å². The zero-order valence-corrected chi connectivity index (χ0v) is 14.1. The molecule has 0 unspecified atom stereocenters. The van der Waals surface area contributed by atoms with E-state index in [1.807, 2.05) is 31.2 Å². The van der Waals surface area contributed by atoms with Gasteiger partial charge in [-0.2, -0.15) is 8.78 Å². The van der Waals surface area contributed by atoms with Crippen molar-refractivity contribution in [2.75, 3.05) is 13.2 Å². The summed E-state index contributed by atoms with van der Waals surface area (Å²) in [6, 6.07) is 13.9. The van der Waals surface area contributed by atoms with Crippen molar-refractivity contribution in [1.82, 2.24) is 5.32 Å². The maximum absolute atomic E-state index is 12.2. The van der Waals surface area contributed by atoms with E-state index in [0.717, 1.165) is 11.3 Å². The van der Waals surface area contributed by atoms with Crippen molar-refractivity contribution in [2.45, 2.75) is 24.0 Å². The molecule has 24 heavy (non-hydrogen) atoms. The number of nitrogens with one attached hydrogen (secondary N) is 1. The lowest BCUT2D eigenvalue weighted by atomic mass is 10.2. The van der Waals surface area contributed by atoms with Gasteiger partial charge in [0.1, 0.15) is 5.75 Å². The maximum Gasteiger partial charge on any atom is 0.288 e. The van der Waals surface area contributed by atoms with Crippen LogP contribution in [0.5, 0.6) is 5.75 Å². The molecule has 1 N–H and O–H groups in total. The Kier molecular flexibility index (Phi) is 7.06. The first-order valence-electron chi connectivity index (χ1n) is 7.57. The molecule has 0 spiro atoms. The minimum Gasteiger partial charge on any atom is -0.494 e. The Morgan fingerprint density at radius 3 is 2.62 bits per heavy atom. The van der Waals surface area contributed by atoms with Gasteiger partial charge >= 0.3 is 0 Å². The summed E-state index contributed by atoms with van der Waals surface area (Å²) in [6.45, 7) is 2.99. The monoisotopic (exact) mass is 351 g/mol. The third-order valence-electron chi connectivity index (χ3n) is 3.21. The first-order chi connectivity index (χ1) is 11.5. The minimum absolute atomic E-state index is 0.223. The van der Waals surface area contributed by atoms with Gasteiger partial charge in [-0.15, -0.1) is 0 Å². The van der Waals surface area contributed by atoms with Crippen LogP contribution in [0.1, 0.15) is 22.3 Å². The van der Waals surface area contributed by atoms with Crippen molar-refractivity contribution in [1.29, 1.82) is 0 Å². The van der Waals surface area contributed by atoms with E-state index in [1.54, 1.807) is 12.1 Å². The molecular weight excluding hydrogens is 332 g/mol. The molecule has 128 valence electrons. The summed E-state index contributed by atoms with van der Waals surface area (Å²) in [5, 5.41) is 2.78. The van der Waals surface area contributed by atoms with E-state index in [0.29, 0.717) is 41.8 Å². The molecule has 0 radical (unpaired) electrons. The number of amides is 1. The zero-order chi connectivity index (χ0) is 17.4. The Bertz CT molecular complexity index is 662. The fourth-order valence-corrected chi connectivity index (χ4v) is 2.56. The number of aryl methyl sites for hydroxylation is 1. The van der Waals surface area contributed by atoms with Crippen LogP contribution in [0.3, 0.4) is 0 Å². The number of rotatable bonds is 8. The van der Waals surface area contributed by atoms with Crippen molar-refractivity contribution in [3.05, 3.63) is 59.7 Å². The highest BCUT2D eigenvalue weighted by Crippen LogP contribution is 2.25. The van der Waals surface area contributed by atoms with Crippen molar-refractivity contribution in [3.8, 4) is 5.75 Å². The molecule has 0 aliphatic carbocycles.